The predicted molar refractivity (Wildman–Crippen MR) is 103 cm³/mol. The Labute approximate surface area is 161 Å². The molecule has 26 heavy (non-hydrogen) atoms. The van der Waals surface area contributed by atoms with Crippen LogP contribution in [0.1, 0.15) is 50.4 Å². The Bertz CT molecular complexity index is 663. The summed E-state index contributed by atoms with van der Waals surface area (Å²) in [6, 6.07) is 3.37. The van der Waals surface area contributed by atoms with Gasteiger partial charge in [-0.1, -0.05) is 18.5 Å². The molecule has 3 rings (SSSR count). The Balaban J connectivity index is 1.66. The summed E-state index contributed by atoms with van der Waals surface area (Å²) in [6.45, 7) is 10.6. The van der Waals surface area contributed by atoms with E-state index < -0.39 is 0 Å². The van der Waals surface area contributed by atoms with E-state index in [9.17, 15) is 4.79 Å². The number of nitrogens with zero attached hydrogens (tertiary/aromatic N) is 1. The molecule has 0 aromatic heterocycles. The zero-order chi connectivity index (χ0) is 18.7. The second-order valence-electron chi connectivity index (χ2n) is 8.02. The highest BCUT2D eigenvalue weighted by atomic mass is 35.5. The van der Waals surface area contributed by atoms with Crippen LogP contribution in [0.5, 0.6) is 11.5 Å². The lowest BCUT2D eigenvalue weighted by Gasteiger charge is -2.43. The molecule has 1 aromatic rings. The summed E-state index contributed by atoms with van der Waals surface area (Å²) < 4.78 is 11.3. The lowest BCUT2D eigenvalue weighted by atomic mass is 9.93. The predicted octanol–water partition coefficient (Wildman–Crippen LogP) is 3.74. The van der Waals surface area contributed by atoms with Crippen LogP contribution in [-0.4, -0.2) is 49.2 Å². The van der Waals surface area contributed by atoms with E-state index >= 15 is 0 Å². The zero-order valence-electron chi connectivity index (χ0n) is 15.9. The second-order valence-corrected chi connectivity index (χ2v) is 8.43. The van der Waals surface area contributed by atoms with Gasteiger partial charge in [-0.05, 0) is 51.3 Å². The van der Waals surface area contributed by atoms with Crippen molar-refractivity contribution in [2.45, 2.75) is 45.6 Å². The van der Waals surface area contributed by atoms with E-state index in [4.69, 9.17) is 21.1 Å². The van der Waals surface area contributed by atoms with Crippen LogP contribution in [-0.2, 0) is 0 Å². The van der Waals surface area contributed by atoms with Crippen LogP contribution >= 0.6 is 11.6 Å². The van der Waals surface area contributed by atoms with Crippen LogP contribution in [0.2, 0.25) is 5.02 Å². The summed E-state index contributed by atoms with van der Waals surface area (Å²) in [4.78, 5) is 15.2. The number of rotatable bonds is 4. The molecule has 0 unspecified atom stereocenters. The number of ether oxygens (including phenoxy) is 2. The van der Waals surface area contributed by atoms with Gasteiger partial charge in [-0.2, -0.15) is 0 Å². The zero-order valence-corrected chi connectivity index (χ0v) is 16.7. The number of amides is 1. The first kappa shape index (κ1) is 19.3. The van der Waals surface area contributed by atoms with Gasteiger partial charge >= 0.3 is 0 Å². The molecule has 144 valence electrons. The number of piperidine rings is 1. The number of carbonyl (C=O) groups excluding carboxylic acids is 1. The number of likely N-dealkylation sites (tertiary alicyclic amines) is 1. The molecule has 1 fully saturated rings. The Morgan fingerprint density at radius 1 is 1.31 bits per heavy atom. The highest BCUT2D eigenvalue weighted by molar-refractivity contribution is 6.32. The van der Waals surface area contributed by atoms with Crippen LogP contribution < -0.4 is 14.8 Å². The molecule has 5 nitrogen and oxygen atoms in total. The molecule has 0 aliphatic carbocycles. The average molecular weight is 381 g/mol. The molecular weight excluding hydrogens is 352 g/mol. The van der Waals surface area contributed by atoms with Crippen LogP contribution in [0.25, 0.3) is 0 Å². The minimum atomic E-state index is -0.138. The maximum absolute atomic E-state index is 12.7. The molecule has 6 heteroatoms. The minimum absolute atomic E-state index is 0.0839. The lowest BCUT2D eigenvalue weighted by molar-refractivity contribution is 0.0657. The van der Waals surface area contributed by atoms with Crippen LogP contribution in [0.15, 0.2) is 12.1 Å². The van der Waals surface area contributed by atoms with Crippen molar-refractivity contribution in [3.8, 4) is 11.5 Å². The quantitative estimate of drug-likeness (QED) is 0.864. The fraction of sp³-hybridized carbons (Fsp3) is 0.650. The summed E-state index contributed by atoms with van der Waals surface area (Å²) in [5, 5.41) is 3.48. The Hall–Kier alpha value is -1.46. The second kappa shape index (κ2) is 8.05. The fourth-order valence-electron chi connectivity index (χ4n) is 3.61. The molecule has 2 aliphatic rings. The molecule has 2 aliphatic heterocycles. The molecule has 0 radical (unpaired) electrons. The normalized spacial score (nSPS) is 21.2. The van der Waals surface area contributed by atoms with Crippen LogP contribution in [0, 0.1) is 5.92 Å². The Morgan fingerprint density at radius 2 is 2.08 bits per heavy atom. The first-order valence-electron chi connectivity index (χ1n) is 9.49. The molecule has 0 spiro atoms. The molecule has 1 aromatic carbocycles. The fourth-order valence-corrected chi connectivity index (χ4v) is 3.88. The molecule has 1 saturated heterocycles. The van der Waals surface area contributed by atoms with Gasteiger partial charge in [0, 0.05) is 30.6 Å². The van der Waals surface area contributed by atoms with E-state index in [1.807, 2.05) is 0 Å². The van der Waals surface area contributed by atoms with Crippen molar-refractivity contribution in [3.05, 3.63) is 22.7 Å². The molecule has 0 bridgehead atoms. The topological polar surface area (TPSA) is 50.8 Å². The number of fused-ring (bicyclic) bond motifs is 1. The van der Waals surface area contributed by atoms with Crippen LogP contribution in [0.3, 0.4) is 0 Å². The highest BCUT2D eigenvalue weighted by Gasteiger charge is 2.30. The highest BCUT2D eigenvalue weighted by Crippen LogP contribution is 2.38. The van der Waals surface area contributed by atoms with Gasteiger partial charge in [0.2, 0.25) is 0 Å². The van der Waals surface area contributed by atoms with Crippen molar-refractivity contribution in [2.24, 2.45) is 5.92 Å². The molecule has 0 saturated carbocycles. The van der Waals surface area contributed by atoms with E-state index in [-0.39, 0.29) is 11.4 Å². The maximum Gasteiger partial charge on any atom is 0.251 e. The molecule has 1 N–H and O–H groups in total. The number of benzene rings is 1. The largest absolute Gasteiger partial charge is 0.489 e. The lowest BCUT2D eigenvalue weighted by Crippen LogP contribution is -2.54. The standard InChI is InChI=1S/C20H29ClN2O3/c1-14-6-4-7-23(12-14)20(2,3)13-22-19(24)15-10-16(21)18-17(11-15)25-8-5-9-26-18/h10-11,14H,4-9,12-13H2,1-3H3,(H,22,24)/t14-/m0/s1. The average Bonchev–Trinajstić information content (AvgIpc) is 2.85. The van der Waals surface area contributed by atoms with E-state index in [1.54, 1.807) is 12.1 Å². The molecule has 1 atom stereocenters. The minimum Gasteiger partial charge on any atom is -0.489 e. The molecule has 2 heterocycles. The van der Waals surface area contributed by atoms with E-state index in [0.717, 1.165) is 19.5 Å². The maximum atomic E-state index is 12.7. The summed E-state index contributed by atoms with van der Waals surface area (Å²) in [6.07, 6.45) is 3.31. The van der Waals surface area contributed by atoms with Gasteiger partial charge in [-0.3, -0.25) is 9.69 Å². The van der Waals surface area contributed by atoms with E-state index in [2.05, 4.69) is 31.0 Å². The third-order valence-electron chi connectivity index (χ3n) is 5.26. The van der Waals surface area contributed by atoms with Crippen molar-refractivity contribution in [1.29, 1.82) is 0 Å². The number of hydrogen-bond donors (Lipinski definition) is 1. The van der Waals surface area contributed by atoms with Crippen molar-refractivity contribution in [1.82, 2.24) is 10.2 Å². The van der Waals surface area contributed by atoms with Crippen molar-refractivity contribution in [3.63, 3.8) is 0 Å². The number of carbonyl (C=O) groups is 1. The summed E-state index contributed by atoms with van der Waals surface area (Å²) >= 11 is 6.30. The van der Waals surface area contributed by atoms with Gasteiger partial charge < -0.3 is 14.8 Å². The van der Waals surface area contributed by atoms with Gasteiger partial charge in [0.1, 0.15) is 0 Å². The van der Waals surface area contributed by atoms with E-state index in [0.29, 0.717) is 47.8 Å². The Morgan fingerprint density at radius 3 is 2.85 bits per heavy atom. The van der Waals surface area contributed by atoms with Crippen molar-refractivity contribution in [2.75, 3.05) is 32.8 Å². The monoisotopic (exact) mass is 380 g/mol. The van der Waals surface area contributed by atoms with Gasteiger partial charge in [-0.25, -0.2) is 0 Å². The number of hydrogen-bond acceptors (Lipinski definition) is 4. The summed E-state index contributed by atoms with van der Waals surface area (Å²) in [5.41, 5.74) is 0.418. The van der Waals surface area contributed by atoms with Gasteiger partial charge in [-0.15, -0.1) is 0 Å². The van der Waals surface area contributed by atoms with Gasteiger partial charge in [0.25, 0.3) is 5.91 Å². The van der Waals surface area contributed by atoms with E-state index in [1.165, 1.54) is 12.8 Å². The van der Waals surface area contributed by atoms with Crippen molar-refractivity contribution >= 4 is 17.5 Å². The first-order chi connectivity index (χ1) is 12.4. The SMILES string of the molecule is C[C@H]1CCCN(C(C)(C)CNC(=O)c2cc(Cl)c3c(c2)OCCCO3)C1. The summed E-state index contributed by atoms with van der Waals surface area (Å²) in [5.74, 6) is 1.65. The third kappa shape index (κ3) is 4.44. The first-order valence-corrected chi connectivity index (χ1v) is 9.87. The van der Waals surface area contributed by atoms with Gasteiger partial charge in [0.05, 0.1) is 18.2 Å². The smallest absolute Gasteiger partial charge is 0.251 e. The number of halogens is 1. The van der Waals surface area contributed by atoms with Crippen LogP contribution in [0.4, 0.5) is 0 Å². The van der Waals surface area contributed by atoms with Gasteiger partial charge in [0.15, 0.2) is 11.5 Å². The number of nitrogens with one attached hydrogen (secondary N) is 1. The third-order valence-corrected chi connectivity index (χ3v) is 5.54. The summed E-state index contributed by atoms with van der Waals surface area (Å²) in [7, 11) is 0. The molecular formula is C20H29ClN2O3. The Kier molecular flexibility index (Phi) is 5.98. The molecule has 1 amide bonds. The van der Waals surface area contributed by atoms with Crippen molar-refractivity contribution < 1.29 is 14.3 Å².